The van der Waals surface area contributed by atoms with Crippen LogP contribution in [0.15, 0.2) is 18.2 Å². The van der Waals surface area contributed by atoms with Crippen LogP contribution >= 0.6 is 11.3 Å². The van der Waals surface area contributed by atoms with Gasteiger partial charge in [0.25, 0.3) is 0 Å². The van der Waals surface area contributed by atoms with Gasteiger partial charge >= 0.3 is 5.97 Å². The lowest BCUT2D eigenvalue weighted by Crippen LogP contribution is -2.01. The molecule has 1 aromatic heterocycles. The number of carboxylic acids is 1. The van der Waals surface area contributed by atoms with Crippen molar-refractivity contribution in [3.05, 3.63) is 40.0 Å². The van der Waals surface area contributed by atoms with Gasteiger partial charge in [0.15, 0.2) is 0 Å². The summed E-state index contributed by atoms with van der Waals surface area (Å²) < 4.78 is 13.5. The quantitative estimate of drug-likeness (QED) is 0.888. The minimum atomic E-state index is -1.05. The molecule has 1 aromatic carbocycles. The van der Waals surface area contributed by atoms with Crippen LogP contribution in [0.5, 0.6) is 0 Å². The molecule has 0 fully saturated rings. The van der Waals surface area contributed by atoms with Crippen molar-refractivity contribution >= 4 is 23.0 Å². The molecule has 0 saturated heterocycles. The van der Waals surface area contributed by atoms with Crippen LogP contribution in [0.25, 0.3) is 10.4 Å². The number of benzene rings is 1. The van der Waals surface area contributed by atoms with Gasteiger partial charge in [0.1, 0.15) is 10.7 Å². The maximum atomic E-state index is 13.5. The van der Waals surface area contributed by atoms with Gasteiger partial charge in [-0.25, -0.2) is 9.18 Å². The number of aryl methyl sites for hydroxylation is 1. The van der Waals surface area contributed by atoms with Gasteiger partial charge in [0, 0.05) is 4.88 Å². The second kappa shape index (κ2) is 5.25. The van der Waals surface area contributed by atoms with Crippen molar-refractivity contribution in [3.63, 3.8) is 0 Å². The number of halogens is 1. The van der Waals surface area contributed by atoms with E-state index in [2.05, 4.69) is 0 Å². The second-order valence-corrected chi connectivity index (χ2v) is 6.03. The van der Waals surface area contributed by atoms with Crippen LogP contribution in [0.4, 0.5) is 10.1 Å². The van der Waals surface area contributed by atoms with Crippen LogP contribution in [-0.2, 0) is 0 Å². The van der Waals surface area contributed by atoms with Crippen LogP contribution < -0.4 is 5.73 Å². The van der Waals surface area contributed by atoms with Crippen LogP contribution in [-0.4, -0.2) is 11.1 Å². The maximum Gasteiger partial charge on any atom is 0.348 e. The van der Waals surface area contributed by atoms with Crippen molar-refractivity contribution in [1.29, 1.82) is 0 Å². The number of anilines is 1. The molecule has 106 valence electrons. The molecular formula is C15H16FNO2S. The standard InChI is InChI=1S/C15H16FNO2S/c1-7(2)11-12(17)14(15(18)19)20-13(11)10-6-9(16)5-4-8(10)3/h4-7H,17H2,1-3H3,(H,18,19). The molecule has 0 atom stereocenters. The number of carbonyl (C=O) groups is 1. The number of aromatic carboxylic acids is 1. The van der Waals surface area contributed by atoms with Crippen molar-refractivity contribution < 1.29 is 14.3 Å². The summed E-state index contributed by atoms with van der Waals surface area (Å²) in [4.78, 5) is 12.1. The smallest absolute Gasteiger partial charge is 0.348 e. The highest BCUT2D eigenvalue weighted by molar-refractivity contribution is 7.18. The van der Waals surface area contributed by atoms with E-state index in [0.29, 0.717) is 5.56 Å². The number of nitrogen functional groups attached to an aromatic ring is 1. The molecule has 3 N–H and O–H groups in total. The Labute approximate surface area is 120 Å². The molecular weight excluding hydrogens is 277 g/mol. The molecule has 20 heavy (non-hydrogen) atoms. The summed E-state index contributed by atoms with van der Waals surface area (Å²) in [5, 5.41) is 9.21. The minimum Gasteiger partial charge on any atom is -0.477 e. The number of rotatable bonds is 3. The molecule has 0 bridgehead atoms. The highest BCUT2D eigenvalue weighted by Crippen LogP contribution is 2.43. The molecule has 0 spiro atoms. The predicted octanol–water partition coefficient (Wildman–Crippen LogP) is 4.27. The average molecular weight is 293 g/mol. The number of hydrogen-bond acceptors (Lipinski definition) is 3. The van der Waals surface area contributed by atoms with Gasteiger partial charge in [-0.05, 0) is 41.7 Å². The van der Waals surface area contributed by atoms with Crippen LogP contribution in [0.1, 0.15) is 40.6 Å². The van der Waals surface area contributed by atoms with Gasteiger partial charge in [0.2, 0.25) is 0 Å². The summed E-state index contributed by atoms with van der Waals surface area (Å²) in [6, 6.07) is 4.51. The van der Waals surface area contributed by atoms with Crippen molar-refractivity contribution in [2.75, 3.05) is 5.73 Å². The molecule has 2 aromatic rings. The molecule has 0 saturated carbocycles. The molecule has 0 aliphatic carbocycles. The number of carboxylic acid groups (broad SMARTS) is 1. The first-order valence-electron chi connectivity index (χ1n) is 6.25. The molecule has 0 aliphatic rings. The van der Waals surface area contributed by atoms with E-state index >= 15 is 0 Å². The molecule has 0 amide bonds. The summed E-state index contributed by atoms with van der Waals surface area (Å²) in [7, 11) is 0. The Balaban J connectivity index is 2.76. The van der Waals surface area contributed by atoms with E-state index in [4.69, 9.17) is 5.73 Å². The monoisotopic (exact) mass is 293 g/mol. The van der Waals surface area contributed by atoms with E-state index in [-0.39, 0.29) is 22.3 Å². The molecule has 1 heterocycles. The molecule has 0 aliphatic heterocycles. The largest absolute Gasteiger partial charge is 0.477 e. The van der Waals surface area contributed by atoms with Gasteiger partial charge in [-0.15, -0.1) is 11.3 Å². The molecule has 3 nitrogen and oxygen atoms in total. The zero-order valence-electron chi connectivity index (χ0n) is 11.5. The Bertz CT molecular complexity index is 677. The Kier molecular flexibility index (Phi) is 3.81. The SMILES string of the molecule is Cc1ccc(F)cc1-c1sc(C(=O)O)c(N)c1C(C)C. The average Bonchev–Trinajstić information content (AvgIpc) is 2.70. The van der Waals surface area contributed by atoms with Gasteiger partial charge in [-0.3, -0.25) is 0 Å². The fourth-order valence-corrected chi connectivity index (χ4v) is 3.52. The van der Waals surface area contributed by atoms with Crippen molar-refractivity contribution in [3.8, 4) is 10.4 Å². The lowest BCUT2D eigenvalue weighted by Gasteiger charge is -2.11. The zero-order chi connectivity index (χ0) is 15.0. The first-order valence-corrected chi connectivity index (χ1v) is 7.06. The summed E-state index contributed by atoms with van der Waals surface area (Å²) in [5.74, 6) is -1.32. The summed E-state index contributed by atoms with van der Waals surface area (Å²) in [6.45, 7) is 5.76. The van der Waals surface area contributed by atoms with Crippen LogP contribution in [0, 0.1) is 12.7 Å². The van der Waals surface area contributed by atoms with E-state index in [1.54, 1.807) is 6.07 Å². The maximum absolute atomic E-state index is 13.5. The predicted molar refractivity (Wildman–Crippen MR) is 79.9 cm³/mol. The van der Waals surface area contributed by atoms with Gasteiger partial charge in [-0.2, -0.15) is 0 Å². The summed E-state index contributed by atoms with van der Waals surface area (Å²) in [6.07, 6.45) is 0. The third kappa shape index (κ3) is 2.41. The zero-order valence-corrected chi connectivity index (χ0v) is 12.3. The third-order valence-electron chi connectivity index (χ3n) is 3.20. The van der Waals surface area contributed by atoms with Crippen LogP contribution in [0.3, 0.4) is 0 Å². The van der Waals surface area contributed by atoms with E-state index in [9.17, 15) is 14.3 Å². The first kappa shape index (κ1) is 14.5. The highest BCUT2D eigenvalue weighted by atomic mass is 32.1. The third-order valence-corrected chi connectivity index (χ3v) is 4.44. The number of hydrogen-bond donors (Lipinski definition) is 2. The highest BCUT2D eigenvalue weighted by Gasteiger charge is 2.24. The molecule has 5 heteroatoms. The van der Waals surface area contributed by atoms with Gasteiger partial charge in [0.05, 0.1) is 5.69 Å². The Hall–Kier alpha value is -1.88. The lowest BCUT2D eigenvalue weighted by atomic mass is 9.96. The van der Waals surface area contributed by atoms with Crippen LogP contribution in [0.2, 0.25) is 0 Å². The van der Waals surface area contributed by atoms with E-state index in [1.807, 2.05) is 20.8 Å². The first-order chi connectivity index (χ1) is 9.32. The topological polar surface area (TPSA) is 63.3 Å². The normalized spacial score (nSPS) is 11.1. The second-order valence-electron chi connectivity index (χ2n) is 5.01. The molecule has 0 unspecified atom stereocenters. The van der Waals surface area contributed by atoms with E-state index < -0.39 is 5.97 Å². The van der Waals surface area contributed by atoms with Crippen molar-refractivity contribution in [1.82, 2.24) is 0 Å². The van der Waals surface area contributed by atoms with E-state index in [1.165, 1.54) is 12.1 Å². The Morgan fingerprint density at radius 3 is 2.60 bits per heavy atom. The van der Waals surface area contributed by atoms with Gasteiger partial charge < -0.3 is 10.8 Å². The molecule has 0 radical (unpaired) electrons. The number of thiophene rings is 1. The fraction of sp³-hybridized carbons (Fsp3) is 0.267. The van der Waals surface area contributed by atoms with Crippen molar-refractivity contribution in [2.45, 2.75) is 26.7 Å². The lowest BCUT2D eigenvalue weighted by molar-refractivity contribution is 0.0703. The number of nitrogens with two attached hydrogens (primary N) is 1. The summed E-state index contributed by atoms with van der Waals surface area (Å²) in [5.41, 5.74) is 8.64. The van der Waals surface area contributed by atoms with E-state index in [0.717, 1.165) is 27.3 Å². The minimum absolute atomic E-state index is 0.0667. The summed E-state index contributed by atoms with van der Waals surface area (Å²) >= 11 is 1.11. The van der Waals surface area contributed by atoms with Gasteiger partial charge in [-0.1, -0.05) is 19.9 Å². The fourth-order valence-electron chi connectivity index (χ4n) is 2.23. The Morgan fingerprint density at radius 1 is 1.40 bits per heavy atom. The molecule has 2 rings (SSSR count). The van der Waals surface area contributed by atoms with Crippen molar-refractivity contribution in [2.24, 2.45) is 0 Å². The Morgan fingerprint density at radius 2 is 2.05 bits per heavy atom.